The van der Waals surface area contributed by atoms with E-state index in [2.05, 4.69) is 5.32 Å². The van der Waals surface area contributed by atoms with Crippen LogP contribution < -0.4 is 5.32 Å². The number of amides is 1. The van der Waals surface area contributed by atoms with Gasteiger partial charge >= 0.3 is 0 Å². The first-order valence-corrected chi connectivity index (χ1v) is 6.64. The lowest BCUT2D eigenvalue weighted by atomic mass is 10.2. The van der Waals surface area contributed by atoms with E-state index < -0.39 is 5.91 Å². The molecule has 0 saturated carbocycles. The lowest BCUT2D eigenvalue weighted by Gasteiger charge is -2.11. The minimum absolute atomic E-state index is 0.0949. The molecule has 5 nitrogen and oxygen atoms in total. The van der Waals surface area contributed by atoms with Crippen LogP contribution in [0.5, 0.6) is 0 Å². The van der Waals surface area contributed by atoms with E-state index in [0.717, 1.165) is 0 Å². The molecular weight excluding hydrogens is 287 g/mol. The van der Waals surface area contributed by atoms with Crippen LogP contribution in [0.2, 0.25) is 0 Å². The van der Waals surface area contributed by atoms with E-state index in [1.54, 1.807) is 13.0 Å². The molecule has 1 N–H and O–H groups in total. The maximum absolute atomic E-state index is 13.1. The number of methoxy groups -OCH3 is 1. The van der Waals surface area contributed by atoms with Crippen molar-refractivity contribution in [2.45, 2.75) is 13.0 Å². The Hall–Kier alpha value is -2.65. The summed E-state index contributed by atoms with van der Waals surface area (Å²) in [7, 11) is 1.53. The molecule has 2 aromatic rings. The zero-order valence-corrected chi connectivity index (χ0v) is 12.2. The number of furan rings is 1. The van der Waals surface area contributed by atoms with Crippen LogP contribution in [-0.4, -0.2) is 25.7 Å². The van der Waals surface area contributed by atoms with Gasteiger partial charge in [0.25, 0.3) is 5.91 Å². The van der Waals surface area contributed by atoms with Gasteiger partial charge in [0.15, 0.2) is 0 Å². The van der Waals surface area contributed by atoms with Gasteiger partial charge in [0.2, 0.25) is 0 Å². The van der Waals surface area contributed by atoms with Gasteiger partial charge in [0.05, 0.1) is 6.61 Å². The first-order valence-electron chi connectivity index (χ1n) is 6.64. The van der Waals surface area contributed by atoms with Crippen molar-refractivity contribution in [3.8, 4) is 6.07 Å². The molecule has 6 heteroatoms. The van der Waals surface area contributed by atoms with E-state index in [4.69, 9.17) is 14.4 Å². The highest BCUT2D eigenvalue weighted by molar-refractivity contribution is 6.01. The number of nitriles is 1. The van der Waals surface area contributed by atoms with Gasteiger partial charge < -0.3 is 14.5 Å². The fourth-order valence-corrected chi connectivity index (χ4v) is 1.99. The molecule has 0 radical (unpaired) electrons. The van der Waals surface area contributed by atoms with Gasteiger partial charge in [-0.2, -0.15) is 5.26 Å². The van der Waals surface area contributed by atoms with Crippen LogP contribution in [0.15, 0.2) is 34.3 Å². The molecule has 1 heterocycles. The number of nitrogens with zero attached hydrogens (tertiary/aromatic N) is 1. The monoisotopic (exact) mass is 302 g/mol. The summed E-state index contributed by atoms with van der Waals surface area (Å²) in [6, 6.07) is 7.27. The number of hydrogen-bond acceptors (Lipinski definition) is 4. The molecule has 0 spiro atoms. The number of hydrogen-bond donors (Lipinski definition) is 1. The van der Waals surface area contributed by atoms with Gasteiger partial charge in [-0.3, -0.25) is 4.79 Å². The highest BCUT2D eigenvalue weighted by Crippen LogP contribution is 2.22. The van der Waals surface area contributed by atoms with Crippen LogP contribution in [0.25, 0.3) is 17.0 Å². The molecule has 0 aliphatic carbocycles. The van der Waals surface area contributed by atoms with Crippen molar-refractivity contribution in [2.24, 2.45) is 0 Å². The number of nitrogens with one attached hydrogen (secondary N) is 1. The molecule has 0 bridgehead atoms. The molecule has 2 rings (SSSR count). The molecule has 1 amide bonds. The van der Waals surface area contributed by atoms with Crippen molar-refractivity contribution in [3.05, 3.63) is 41.4 Å². The molecule has 114 valence electrons. The van der Waals surface area contributed by atoms with E-state index in [1.807, 2.05) is 6.07 Å². The molecule has 1 aromatic heterocycles. The Kier molecular flexibility index (Phi) is 4.92. The summed E-state index contributed by atoms with van der Waals surface area (Å²) in [5.41, 5.74) is 0.389. The predicted octanol–water partition coefficient (Wildman–Crippen LogP) is 2.63. The van der Waals surface area contributed by atoms with Crippen LogP contribution in [0.1, 0.15) is 12.7 Å². The third kappa shape index (κ3) is 3.71. The number of rotatable bonds is 5. The lowest BCUT2D eigenvalue weighted by molar-refractivity contribution is -0.117. The first kappa shape index (κ1) is 15.7. The molecule has 1 atom stereocenters. The van der Waals surface area contributed by atoms with Gasteiger partial charge in [-0.05, 0) is 31.2 Å². The summed E-state index contributed by atoms with van der Waals surface area (Å²) in [6.45, 7) is 2.11. The molecule has 1 unspecified atom stereocenters. The highest BCUT2D eigenvalue weighted by Gasteiger charge is 2.13. The Morgan fingerprint density at radius 3 is 3.00 bits per heavy atom. The summed E-state index contributed by atoms with van der Waals surface area (Å²) in [5, 5.41) is 12.3. The molecule has 0 fully saturated rings. The van der Waals surface area contributed by atoms with Gasteiger partial charge in [0, 0.05) is 24.6 Å². The topological polar surface area (TPSA) is 75.3 Å². The van der Waals surface area contributed by atoms with Crippen molar-refractivity contribution in [1.82, 2.24) is 5.32 Å². The molecule has 0 aliphatic heterocycles. The zero-order valence-electron chi connectivity index (χ0n) is 12.2. The number of ether oxygens (including phenoxy) is 1. The maximum Gasteiger partial charge on any atom is 0.262 e. The summed E-state index contributed by atoms with van der Waals surface area (Å²) < 4.78 is 23.5. The van der Waals surface area contributed by atoms with Crippen LogP contribution in [0.4, 0.5) is 4.39 Å². The van der Waals surface area contributed by atoms with Crippen LogP contribution in [0, 0.1) is 17.1 Å². The summed E-state index contributed by atoms with van der Waals surface area (Å²) in [4.78, 5) is 12.0. The van der Waals surface area contributed by atoms with Crippen molar-refractivity contribution in [1.29, 1.82) is 5.26 Å². The minimum atomic E-state index is -0.515. The van der Waals surface area contributed by atoms with Crippen molar-refractivity contribution in [3.63, 3.8) is 0 Å². The van der Waals surface area contributed by atoms with Crippen molar-refractivity contribution >= 4 is 23.0 Å². The summed E-state index contributed by atoms with van der Waals surface area (Å²) >= 11 is 0. The fourth-order valence-electron chi connectivity index (χ4n) is 1.99. The van der Waals surface area contributed by atoms with E-state index in [-0.39, 0.29) is 17.4 Å². The molecular formula is C16H15FN2O3. The Bertz CT molecular complexity index is 758. The smallest absolute Gasteiger partial charge is 0.262 e. The third-order valence-electron chi connectivity index (χ3n) is 2.94. The second-order valence-electron chi connectivity index (χ2n) is 4.83. The van der Waals surface area contributed by atoms with Gasteiger partial charge in [-0.1, -0.05) is 0 Å². The van der Waals surface area contributed by atoms with E-state index in [1.165, 1.54) is 31.4 Å². The SMILES string of the molecule is COCC(C)NC(=O)C(C#N)=Cc1cc2cc(F)ccc2o1. The van der Waals surface area contributed by atoms with Crippen LogP contribution in [0.3, 0.4) is 0 Å². The van der Waals surface area contributed by atoms with Crippen LogP contribution in [-0.2, 0) is 9.53 Å². The summed E-state index contributed by atoms with van der Waals surface area (Å²) in [6.07, 6.45) is 1.33. The van der Waals surface area contributed by atoms with Crippen molar-refractivity contribution in [2.75, 3.05) is 13.7 Å². The fraction of sp³-hybridized carbons (Fsp3) is 0.250. The van der Waals surface area contributed by atoms with Crippen LogP contribution >= 0.6 is 0 Å². The average molecular weight is 302 g/mol. The van der Waals surface area contributed by atoms with E-state index in [0.29, 0.717) is 23.3 Å². The normalized spacial score (nSPS) is 12.9. The Labute approximate surface area is 127 Å². The number of fused-ring (bicyclic) bond motifs is 1. The third-order valence-corrected chi connectivity index (χ3v) is 2.94. The highest BCUT2D eigenvalue weighted by atomic mass is 19.1. The molecule has 22 heavy (non-hydrogen) atoms. The number of halogens is 1. The molecule has 0 saturated heterocycles. The second-order valence-corrected chi connectivity index (χ2v) is 4.83. The Morgan fingerprint density at radius 1 is 1.55 bits per heavy atom. The number of benzene rings is 1. The lowest BCUT2D eigenvalue weighted by Crippen LogP contribution is -2.36. The average Bonchev–Trinajstić information content (AvgIpc) is 2.86. The maximum atomic E-state index is 13.1. The Morgan fingerprint density at radius 2 is 2.32 bits per heavy atom. The quantitative estimate of drug-likeness (QED) is 0.680. The predicted molar refractivity (Wildman–Crippen MR) is 79.2 cm³/mol. The Balaban J connectivity index is 2.23. The van der Waals surface area contributed by atoms with Gasteiger partial charge in [-0.25, -0.2) is 4.39 Å². The summed E-state index contributed by atoms with van der Waals surface area (Å²) in [5.74, 6) is -0.583. The second kappa shape index (κ2) is 6.87. The largest absolute Gasteiger partial charge is 0.457 e. The molecule has 0 aliphatic rings. The molecule has 1 aromatic carbocycles. The zero-order chi connectivity index (χ0) is 16.1. The number of carbonyl (C=O) groups excluding carboxylic acids is 1. The first-order chi connectivity index (χ1) is 10.5. The van der Waals surface area contributed by atoms with Gasteiger partial charge in [-0.15, -0.1) is 0 Å². The minimum Gasteiger partial charge on any atom is -0.457 e. The number of carbonyl (C=O) groups is 1. The van der Waals surface area contributed by atoms with E-state index >= 15 is 0 Å². The van der Waals surface area contributed by atoms with Crippen molar-refractivity contribution < 1.29 is 18.3 Å². The standard InChI is InChI=1S/C16H15FN2O3/c1-10(9-21-2)19-16(20)12(8-18)7-14-6-11-5-13(17)3-4-15(11)22-14/h3-7,10H,9H2,1-2H3,(H,19,20). The van der Waals surface area contributed by atoms with Gasteiger partial charge in [0.1, 0.15) is 28.8 Å². The van der Waals surface area contributed by atoms with E-state index in [9.17, 15) is 9.18 Å².